The third-order valence-corrected chi connectivity index (χ3v) is 5.49. The number of nitrogens with one attached hydrogen (secondary N) is 1. The van der Waals surface area contributed by atoms with Crippen LogP contribution in [0.1, 0.15) is 0 Å². The van der Waals surface area contributed by atoms with Crippen molar-refractivity contribution in [2.24, 2.45) is 9.98 Å². The van der Waals surface area contributed by atoms with Gasteiger partial charge in [-0.2, -0.15) is 0 Å². The molecule has 3 aliphatic heterocycles. The molecule has 3 nitrogen and oxygen atoms in total. The summed E-state index contributed by atoms with van der Waals surface area (Å²) in [7, 11) is 0. The summed E-state index contributed by atoms with van der Waals surface area (Å²) >= 11 is 1.82. The quantitative estimate of drug-likeness (QED) is 0.512. The van der Waals surface area contributed by atoms with E-state index in [1.807, 2.05) is 36.0 Å². The van der Waals surface area contributed by atoms with E-state index in [9.17, 15) is 0 Å². The molecule has 26 heavy (non-hydrogen) atoms. The predicted molar refractivity (Wildman–Crippen MR) is 107 cm³/mol. The van der Waals surface area contributed by atoms with Gasteiger partial charge < -0.3 is 5.32 Å². The number of hydrogen-bond donors (Lipinski definition) is 1. The van der Waals surface area contributed by atoms with E-state index in [0.29, 0.717) is 0 Å². The van der Waals surface area contributed by atoms with Crippen LogP contribution in [0.4, 0.5) is 11.4 Å². The molecule has 3 heterocycles. The topological polar surface area (TPSA) is 36.8 Å². The highest BCUT2D eigenvalue weighted by Gasteiger charge is 2.14. The number of fused-ring (bicyclic) bond motifs is 4. The molecule has 0 aromatic heterocycles. The summed E-state index contributed by atoms with van der Waals surface area (Å²) in [5, 5.41) is 5.61. The predicted octanol–water partition coefficient (Wildman–Crippen LogP) is 4.29. The highest BCUT2D eigenvalue weighted by molar-refractivity contribution is 7.99. The van der Waals surface area contributed by atoms with Gasteiger partial charge in [0.15, 0.2) is 0 Å². The first kappa shape index (κ1) is 15.2. The van der Waals surface area contributed by atoms with Crippen LogP contribution in [-0.2, 0) is 0 Å². The van der Waals surface area contributed by atoms with Crippen LogP contribution in [0.15, 0.2) is 104 Å². The second-order valence-corrected chi connectivity index (χ2v) is 7.11. The normalized spacial score (nSPS) is 14.6. The summed E-state index contributed by atoms with van der Waals surface area (Å²) in [6, 6.07) is 24.8. The fraction of sp³-hybridized carbons (Fsp3) is 0. The SMILES string of the molecule is C1=NC2=c3ccccc3=NC2=C1.c1ccc2c(c1)Nc1ccccc1S2. The molecule has 0 bridgehead atoms. The Bertz CT molecular complexity index is 1100. The zero-order valence-electron chi connectivity index (χ0n) is 13.9. The molecule has 0 unspecified atom stereocenters. The first-order valence-corrected chi connectivity index (χ1v) is 9.26. The third kappa shape index (κ3) is 2.65. The average Bonchev–Trinajstić information content (AvgIpc) is 3.28. The molecule has 0 saturated heterocycles. The minimum absolute atomic E-state index is 0.996. The van der Waals surface area contributed by atoms with Crippen LogP contribution in [-0.4, -0.2) is 6.21 Å². The van der Waals surface area contributed by atoms with Gasteiger partial charge in [-0.1, -0.05) is 54.2 Å². The first-order chi connectivity index (χ1) is 12.9. The molecule has 6 rings (SSSR count). The van der Waals surface area contributed by atoms with Crippen LogP contribution in [0.25, 0.3) is 5.70 Å². The zero-order valence-corrected chi connectivity index (χ0v) is 14.7. The molecule has 124 valence electrons. The summed E-state index contributed by atoms with van der Waals surface area (Å²) in [5.41, 5.74) is 4.43. The van der Waals surface area contributed by atoms with Crippen molar-refractivity contribution in [3.63, 3.8) is 0 Å². The molecule has 0 fully saturated rings. The Hall–Kier alpha value is -3.11. The van der Waals surface area contributed by atoms with E-state index in [4.69, 9.17) is 0 Å². The highest BCUT2D eigenvalue weighted by atomic mass is 32.2. The van der Waals surface area contributed by atoms with Gasteiger partial charge >= 0.3 is 0 Å². The van der Waals surface area contributed by atoms with E-state index < -0.39 is 0 Å². The fourth-order valence-electron chi connectivity index (χ4n) is 3.11. The van der Waals surface area contributed by atoms with Crippen LogP contribution in [0.2, 0.25) is 0 Å². The summed E-state index contributed by atoms with van der Waals surface area (Å²) in [4.78, 5) is 11.3. The van der Waals surface area contributed by atoms with E-state index in [-0.39, 0.29) is 0 Å². The van der Waals surface area contributed by atoms with E-state index in [1.165, 1.54) is 21.2 Å². The van der Waals surface area contributed by atoms with E-state index >= 15 is 0 Å². The van der Waals surface area contributed by atoms with Crippen molar-refractivity contribution >= 4 is 35.0 Å². The van der Waals surface area contributed by atoms with Crippen LogP contribution >= 0.6 is 11.8 Å². The summed E-state index contributed by atoms with van der Waals surface area (Å²) in [6.07, 6.45) is 3.74. The van der Waals surface area contributed by atoms with Gasteiger partial charge in [0.1, 0.15) is 0 Å². The number of hydrogen-bond acceptors (Lipinski definition) is 4. The Morgan fingerprint density at radius 3 is 2.15 bits per heavy atom. The van der Waals surface area contributed by atoms with Gasteiger partial charge in [-0.15, -0.1) is 0 Å². The molecule has 0 amide bonds. The molecule has 4 heteroatoms. The molecule has 0 atom stereocenters. The van der Waals surface area contributed by atoms with E-state index in [1.54, 1.807) is 6.21 Å². The Morgan fingerprint density at radius 2 is 1.38 bits per heavy atom. The lowest BCUT2D eigenvalue weighted by Crippen LogP contribution is -2.21. The summed E-state index contributed by atoms with van der Waals surface area (Å²) < 4.78 is 0. The molecule has 3 aliphatic rings. The monoisotopic (exact) mass is 353 g/mol. The number of nitrogens with zero attached hydrogens (tertiary/aromatic N) is 2. The molecule has 3 aromatic rings. The minimum atomic E-state index is 0.996. The van der Waals surface area contributed by atoms with Crippen molar-refractivity contribution in [3.05, 3.63) is 95.1 Å². The number of anilines is 2. The first-order valence-electron chi connectivity index (χ1n) is 8.44. The fourth-order valence-corrected chi connectivity index (χ4v) is 4.10. The van der Waals surface area contributed by atoms with Gasteiger partial charge in [-0.05, 0) is 36.4 Å². The lowest BCUT2D eigenvalue weighted by molar-refractivity contribution is 1.32. The van der Waals surface area contributed by atoms with Crippen molar-refractivity contribution in [3.8, 4) is 0 Å². The van der Waals surface area contributed by atoms with Gasteiger partial charge in [-0.3, -0.25) is 4.99 Å². The van der Waals surface area contributed by atoms with Gasteiger partial charge in [0.2, 0.25) is 0 Å². The highest BCUT2D eigenvalue weighted by Crippen LogP contribution is 2.43. The Kier molecular flexibility index (Phi) is 3.68. The third-order valence-electron chi connectivity index (χ3n) is 4.34. The molecule has 3 aromatic carbocycles. The molecule has 0 radical (unpaired) electrons. The smallest absolute Gasteiger partial charge is 0.0980 e. The molecule has 0 spiro atoms. The van der Waals surface area contributed by atoms with Crippen LogP contribution in [0.5, 0.6) is 0 Å². The number of para-hydroxylation sites is 3. The molecule has 0 saturated carbocycles. The lowest BCUT2D eigenvalue weighted by Gasteiger charge is -2.19. The van der Waals surface area contributed by atoms with Crippen molar-refractivity contribution in [1.29, 1.82) is 0 Å². The maximum atomic E-state index is 4.41. The second kappa shape index (κ2) is 6.32. The van der Waals surface area contributed by atoms with E-state index in [0.717, 1.165) is 22.0 Å². The molecular weight excluding hydrogens is 338 g/mol. The molecule has 1 N–H and O–H groups in total. The van der Waals surface area contributed by atoms with Crippen molar-refractivity contribution in [1.82, 2.24) is 0 Å². The van der Waals surface area contributed by atoms with Crippen molar-refractivity contribution < 1.29 is 0 Å². The van der Waals surface area contributed by atoms with Gasteiger partial charge in [0.25, 0.3) is 0 Å². The van der Waals surface area contributed by atoms with Crippen molar-refractivity contribution in [2.75, 3.05) is 5.32 Å². The van der Waals surface area contributed by atoms with Crippen molar-refractivity contribution in [2.45, 2.75) is 9.79 Å². The van der Waals surface area contributed by atoms with Gasteiger partial charge in [0, 0.05) is 21.2 Å². The standard InChI is InChI=1S/C12H9NS.C10H6N2/c1-3-7-11-9(5-1)13-10-6-2-4-8-12(10)14-11;1-2-4-8-7(3-1)10-9(12-8)5-6-11-10/h1-8,13H;1-6H. The second-order valence-electron chi connectivity index (χ2n) is 6.03. The number of rotatable bonds is 0. The maximum absolute atomic E-state index is 4.41. The van der Waals surface area contributed by atoms with Gasteiger partial charge in [0.05, 0.1) is 28.1 Å². The zero-order chi connectivity index (χ0) is 17.3. The number of benzene rings is 3. The summed E-state index contributed by atoms with van der Waals surface area (Å²) in [5.74, 6) is 0. The summed E-state index contributed by atoms with van der Waals surface area (Å²) in [6.45, 7) is 0. The van der Waals surface area contributed by atoms with E-state index in [2.05, 4.69) is 69.9 Å². The molecular formula is C22H15N3S. The van der Waals surface area contributed by atoms with Crippen LogP contribution in [0.3, 0.4) is 0 Å². The Labute approximate surface area is 155 Å². The average molecular weight is 353 g/mol. The minimum Gasteiger partial charge on any atom is -0.354 e. The maximum Gasteiger partial charge on any atom is 0.0980 e. The molecule has 0 aliphatic carbocycles. The lowest BCUT2D eigenvalue weighted by atomic mass is 10.2. The largest absolute Gasteiger partial charge is 0.354 e. The van der Waals surface area contributed by atoms with Gasteiger partial charge in [-0.25, -0.2) is 4.99 Å². The Morgan fingerprint density at radius 1 is 0.731 bits per heavy atom. The van der Waals surface area contributed by atoms with Crippen LogP contribution < -0.4 is 15.9 Å². The number of aliphatic imine (C=N–C) groups is 1. The van der Waals surface area contributed by atoms with Crippen LogP contribution in [0, 0.1) is 0 Å². The number of allylic oxidation sites excluding steroid dienone is 1. The Balaban J connectivity index is 0.000000117.